The van der Waals surface area contributed by atoms with Crippen molar-refractivity contribution >= 4 is 17.5 Å². The summed E-state index contributed by atoms with van der Waals surface area (Å²) in [5, 5.41) is 3.21. The van der Waals surface area contributed by atoms with Crippen molar-refractivity contribution in [3.8, 4) is 17.2 Å². The van der Waals surface area contributed by atoms with Crippen LogP contribution in [0.5, 0.6) is 17.2 Å². The number of aromatic nitrogens is 2. The molecule has 1 fully saturated rings. The molecule has 3 heterocycles. The van der Waals surface area contributed by atoms with Gasteiger partial charge in [0.25, 0.3) is 5.91 Å². The number of rotatable bonds is 6. The van der Waals surface area contributed by atoms with E-state index in [-0.39, 0.29) is 12.7 Å². The zero-order valence-electron chi connectivity index (χ0n) is 19.3. The molecule has 3 aromatic rings. The van der Waals surface area contributed by atoms with E-state index in [4.69, 9.17) is 14.2 Å². The molecule has 0 unspecified atom stereocenters. The molecule has 0 bridgehead atoms. The zero-order valence-corrected chi connectivity index (χ0v) is 19.3. The molecule has 2 aromatic carbocycles. The Balaban J connectivity index is 1.18. The van der Waals surface area contributed by atoms with E-state index >= 15 is 0 Å². The Morgan fingerprint density at radius 3 is 2.71 bits per heavy atom. The number of piperazine rings is 1. The van der Waals surface area contributed by atoms with E-state index in [1.807, 2.05) is 48.2 Å². The first kappa shape index (κ1) is 21.8. The van der Waals surface area contributed by atoms with E-state index in [0.29, 0.717) is 36.8 Å². The van der Waals surface area contributed by atoms with Gasteiger partial charge in [0.15, 0.2) is 11.5 Å². The van der Waals surface area contributed by atoms with Crippen molar-refractivity contribution in [1.29, 1.82) is 0 Å². The Morgan fingerprint density at radius 1 is 1.09 bits per heavy atom. The summed E-state index contributed by atoms with van der Waals surface area (Å²) in [6.07, 6.45) is 1.61. The molecule has 0 radical (unpaired) electrons. The molecule has 1 amide bonds. The molecule has 0 aliphatic carbocycles. The molecule has 0 atom stereocenters. The fourth-order valence-electron chi connectivity index (χ4n) is 4.14. The van der Waals surface area contributed by atoms with Gasteiger partial charge in [-0.15, -0.1) is 0 Å². The number of carbonyl (C=O) groups excluding carboxylic acids is 1. The quantitative estimate of drug-likeness (QED) is 0.599. The van der Waals surface area contributed by atoms with Crippen LogP contribution in [0, 0.1) is 6.92 Å². The molecule has 176 valence electrons. The van der Waals surface area contributed by atoms with Gasteiger partial charge in [0.2, 0.25) is 12.7 Å². The minimum absolute atomic E-state index is 0.0369. The summed E-state index contributed by atoms with van der Waals surface area (Å²) in [7, 11) is 1.66. The maximum Gasteiger partial charge on any atom is 0.257 e. The fraction of sp³-hybridized carbons (Fsp3) is 0.320. The first-order valence-electron chi connectivity index (χ1n) is 11.2. The van der Waals surface area contributed by atoms with Crippen LogP contribution >= 0.6 is 0 Å². The molecule has 0 spiro atoms. The van der Waals surface area contributed by atoms with Crippen LogP contribution in [0.3, 0.4) is 0 Å². The normalized spacial score (nSPS) is 14.8. The highest BCUT2D eigenvalue weighted by molar-refractivity contribution is 5.95. The number of amides is 1. The van der Waals surface area contributed by atoms with Gasteiger partial charge in [-0.1, -0.05) is 12.1 Å². The van der Waals surface area contributed by atoms with Gasteiger partial charge in [-0.2, -0.15) is 0 Å². The van der Waals surface area contributed by atoms with Crippen molar-refractivity contribution in [2.24, 2.45) is 0 Å². The van der Waals surface area contributed by atoms with E-state index in [0.717, 1.165) is 41.6 Å². The average molecular weight is 462 g/mol. The smallest absolute Gasteiger partial charge is 0.257 e. The van der Waals surface area contributed by atoms with Crippen molar-refractivity contribution < 1.29 is 19.0 Å². The van der Waals surface area contributed by atoms with Crippen LogP contribution in [0.4, 0.5) is 11.6 Å². The summed E-state index contributed by atoms with van der Waals surface area (Å²) in [5.74, 6) is 2.77. The van der Waals surface area contributed by atoms with Crippen LogP contribution in [0.1, 0.15) is 21.6 Å². The van der Waals surface area contributed by atoms with Crippen LogP contribution in [-0.2, 0) is 6.54 Å². The van der Waals surface area contributed by atoms with Gasteiger partial charge in [0.1, 0.15) is 5.75 Å². The Labute approximate surface area is 198 Å². The van der Waals surface area contributed by atoms with E-state index in [2.05, 4.69) is 26.3 Å². The topological polar surface area (TPSA) is 89.1 Å². The Kier molecular flexibility index (Phi) is 6.07. The third-order valence-electron chi connectivity index (χ3n) is 6.08. The first-order valence-corrected chi connectivity index (χ1v) is 11.2. The third-order valence-corrected chi connectivity index (χ3v) is 6.08. The molecule has 1 saturated heterocycles. The van der Waals surface area contributed by atoms with E-state index in [1.54, 1.807) is 13.3 Å². The number of ether oxygens (including phenoxy) is 3. The van der Waals surface area contributed by atoms with Crippen molar-refractivity contribution in [3.63, 3.8) is 0 Å². The largest absolute Gasteiger partial charge is 0.497 e. The number of anilines is 2. The summed E-state index contributed by atoms with van der Waals surface area (Å²) in [6.45, 7) is 5.42. The molecule has 2 aliphatic rings. The molecule has 9 nitrogen and oxygen atoms in total. The molecule has 9 heteroatoms. The number of carbonyl (C=O) groups is 1. The molecular weight excluding hydrogens is 434 g/mol. The number of methoxy groups -OCH3 is 1. The molecule has 5 rings (SSSR count). The average Bonchev–Trinajstić information content (AvgIpc) is 3.35. The van der Waals surface area contributed by atoms with E-state index in [9.17, 15) is 4.79 Å². The number of hydrogen-bond acceptors (Lipinski definition) is 8. The highest BCUT2D eigenvalue weighted by Crippen LogP contribution is 2.32. The summed E-state index contributed by atoms with van der Waals surface area (Å²) >= 11 is 0. The minimum Gasteiger partial charge on any atom is -0.497 e. The van der Waals surface area contributed by atoms with Crippen LogP contribution in [0.25, 0.3) is 0 Å². The lowest BCUT2D eigenvalue weighted by Crippen LogP contribution is -2.49. The predicted octanol–water partition coefficient (Wildman–Crippen LogP) is 3.10. The van der Waals surface area contributed by atoms with E-state index in [1.165, 1.54) is 0 Å². The predicted molar refractivity (Wildman–Crippen MR) is 128 cm³/mol. The number of nitrogens with zero attached hydrogens (tertiary/aromatic N) is 4. The maximum atomic E-state index is 13.1. The van der Waals surface area contributed by atoms with Crippen molar-refractivity contribution in [2.45, 2.75) is 13.5 Å². The summed E-state index contributed by atoms with van der Waals surface area (Å²) in [5.41, 5.74) is 3.32. The molecule has 0 saturated carbocycles. The van der Waals surface area contributed by atoms with Gasteiger partial charge in [0, 0.05) is 50.7 Å². The third kappa shape index (κ3) is 4.54. The Morgan fingerprint density at radius 2 is 1.91 bits per heavy atom. The van der Waals surface area contributed by atoms with Crippen molar-refractivity contribution in [1.82, 2.24) is 14.9 Å². The monoisotopic (exact) mass is 461 g/mol. The highest BCUT2D eigenvalue weighted by atomic mass is 16.7. The van der Waals surface area contributed by atoms with Crippen molar-refractivity contribution in [2.75, 3.05) is 50.3 Å². The van der Waals surface area contributed by atoms with Crippen LogP contribution in [0.15, 0.2) is 48.7 Å². The summed E-state index contributed by atoms with van der Waals surface area (Å²) in [4.78, 5) is 26.1. The molecular formula is C25H27N5O4. The number of hydrogen-bond donors (Lipinski definition) is 1. The first-order chi connectivity index (χ1) is 16.6. The van der Waals surface area contributed by atoms with Gasteiger partial charge in [0.05, 0.1) is 18.4 Å². The lowest BCUT2D eigenvalue weighted by molar-refractivity contribution is 0.0745. The summed E-state index contributed by atoms with van der Waals surface area (Å²) in [6, 6.07) is 13.8. The van der Waals surface area contributed by atoms with Crippen LogP contribution in [0.2, 0.25) is 0 Å². The maximum absolute atomic E-state index is 13.1. The Hall–Kier alpha value is -4.01. The minimum atomic E-state index is -0.0369. The molecule has 1 aromatic heterocycles. The van der Waals surface area contributed by atoms with Gasteiger partial charge in [-0.25, -0.2) is 9.97 Å². The van der Waals surface area contributed by atoms with E-state index < -0.39 is 0 Å². The van der Waals surface area contributed by atoms with Gasteiger partial charge in [-0.3, -0.25) is 4.79 Å². The number of nitrogens with one attached hydrogen (secondary N) is 1. The highest BCUT2D eigenvalue weighted by Gasteiger charge is 2.24. The van der Waals surface area contributed by atoms with Crippen LogP contribution in [-0.4, -0.2) is 60.9 Å². The summed E-state index contributed by atoms with van der Waals surface area (Å²) < 4.78 is 16.1. The van der Waals surface area contributed by atoms with Gasteiger partial charge < -0.3 is 29.3 Å². The number of aryl methyl sites for hydroxylation is 1. The molecule has 1 N–H and O–H groups in total. The lowest BCUT2D eigenvalue weighted by atomic mass is 10.2. The lowest BCUT2D eigenvalue weighted by Gasteiger charge is -2.36. The number of fused-ring (bicyclic) bond motifs is 1. The standard InChI is InChI=1S/C25H27N5O4/c1-17-21(15-27-25(28-17)26-14-18-6-7-22-23(12-18)34-16-33-22)24(31)30-10-8-29(9-11-30)19-4-3-5-20(13-19)32-2/h3-7,12-13,15H,8-11,14,16H2,1-2H3,(H,26,27,28). The second-order valence-electron chi connectivity index (χ2n) is 8.21. The SMILES string of the molecule is COc1cccc(N2CCN(C(=O)c3cnc(NCc4ccc5c(c4)OCO5)nc3C)CC2)c1. The van der Waals surface area contributed by atoms with Crippen molar-refractivity contribution in [3.05, 3.63) is 65.5 Å². The molecule has 2 aliphatic heterocycles. The fourth-order valence-corrected chi connectivity index (χ4v) is 4.14. The zero-order chi connectivity index (χ0) is 23.5. The van der Waals surface area contributed by atoms with Crippen LogP contribution < -0.4 is 24.4 Å². The number of benzene rings is 2. The Bertz CT molecular complexity index is 1190. The second-order valence-corrected chi connectivity index (χ2v) is 8.21. The second kappa shape index (κ2) is 9.46. The van der Waals surface area contributed by atoms with Gasteiger partial charge >= 0.3 is 0 Å². The molecule has 34 heavy (non-hydrogen) atoms. The van der Waals surface area contributed by atoms with Gasteiger partial charge in [-0.05, 0) is 36.8 Å².